The molecule has 0 bridgehead atoms. The van der Waals surface area contributed by atoms with Crippen LogP contribution in [0.2, 0.25) is 0 Å². The Morgan fingerprint density at radius 2 is 1.87 bits per heavy atom. The zero-order valence-corrected chi connectivity index (χ0v) is 11.4. The molecule has 1 saturated carbocycles. The van der Waals surface area contributed by atoms with Crippen molar-refractivity contribution in [2.24, 2.45) is 17.8 Å². The van der Waals surface area contributed by atoms with Crippen LogP contribution >= 0.6 is 11.8 Å². The molecule has 2 rings (SSSR count). The van der Waals surface area contributed by atoms with E-state index in [0.29, 0.717) is 0 Å². The largest absolute Gasteiger partial charge is 0.155 e. The molecule has 1 aliphatic heterocycles. The molecule has 5 atom stereocenters. The Morgan fingerprint density at radius 1 is 1.13 bits per heavy atom. The summed E-state index contributed by atoms with van der Waals surface area (Å²) in [5.41, 5.74) is 0. The fraction of sp³-hybridized carbons (Fsp3) is 1.00. The number of hydrogen-bond donors (Lipinski definition) is 0. The predicted molar refractivity (Wildman–Crippen MR) is 70.4 cm³/mol. The van der Waals surface area contributed by atoms with Crippen molar-refractivity contribution in [1.82, 2.24) is 0 Å². The average Bonchev–Trinajstić information content (AvgIpc) is 2.71. The molecule has 1 saturated heterocycles. The van der Waals surface area contributed by atoms with Gasteiger partial charge in [-0.15, -0.1) is 0 Å². The standard InChI is InChI=1S/C14H26S/c1-4-7-13-12-9-6-8-11(12)10(3)15-14(13)5-2/h10-14H,4-9H2,1-3H3. The highest BCUT2D eigenvalue weighted by Gasteiger charge is 2.44. The highest BCUT2D eigenvalue weighted by Crippen LogP contribution is 2.53. The first-order valence-corrected chi connectivity index (χ1v) is 7.87. The van der Waals surface area contributed by atoms with E-state index in [9.17, 15) is 0 Å². The van der Waals surface area contributed by atoms with Crippen molar-refractivity contribution in [2.75, 3.05) is 0 Å². The summed E-state index contributed by atoms with van der Waals surface area (Å²) < 4.78 is 0. The van der Waals surface area contributed by atoms with Crippen LogP contribution in [0.15, 0.2) is 0 Å². The van der Waals surface area contributed by atoms with Gasteiger partial charge >= 0.3 is 0 Å². The molecule has 0 aromatic rings. The molecule has 0 radical (unpaired) electrons. The van der Waals surface area contributed by atoms with Crippen molar-refractivity contribution in [1.29, 1.82) is 0 Å². The molecule has 0 N–H and O–H groups in total. The first-order valence-electron chi connectivity index (χ1n) is 6.93. The smallest absolute Gasteiger partial charge is 0.00782 e. The van der Waals surface area contributed by atoms with E-state index in [4.69, 9.17) is 0 Å². The fourth-order valence-electron chi connectivity index (χ4n) is 4.02. The number of fused-ring (bicyclic) bond motifs is 1. The van der Waals surface area contributed by atoms with Crippen molar-refractivity contribution in [3.63, 3.8) is 0 Å². The predicted octanol–water partition coefficient (Wildman–Crippen LogP) is 4.73. The molecule has 15 heavy (non-hydrogen) atoms. The normalized spacial score (nSPS) is 45.4. The summed E-state index contributed by atoms with van der Waals surface area (Å²) in [5, 5.41) is 1.91. The van der Waals surface area contributed by atoms with Crippen LogP contribution in [0.5, 0.6) is 0 Å². The van der Waals surface area contributed by atoms with Crippen molar-refractivity contribution in [3.8, 4) is 0 Å². The van der Waals surface area contributed by atoms with Gasteiger partial charge in [0, 0.05) is 10.5 Å². The van der Waals surface area contributed by atoms with Crippen LogP contribution in [0.4, 0.5) is 0 Å². The first kappa shape index (κ1) is 11.8. The molecule has 1 heterocycles. The van der Waals surface area contributed by atoms with Gasteiger partial charge in [0.1, 0.15) is 0 Å². The van der Waals surface area contributed by atoms with Crippen LogP contribution < -0.4 is 0 Å². The lowest BCUT2D eigenvalue weighted by molar-refractivity contribution is 0.221. The Kier molecular flexibility index (Phi) is 4.04. The minimum atomic E-state index is 0.940. The Hall–Kier alpha value is 0.350. The van der Waals surface area contributed by atoms with E-state index >= 15 is 0 Å². The van der Waals surface area contributed by atoms with Gasteiger partial charge in [-0.2, -0.15) is 11.8 Å². The maximum atomic E-state index is 2.48. The van der Waals surface area contributed by atoms with Gasteiger partial charge in [-0.05, 0) is 43.4 Å². The zero-order valence-electron chi connectivity index (χ0n) is 10.5. The van der Waals surface area contributed by atoms with E-state index < -0.39 is 0 Å². The summed E-state index contributed by atoms with van der Waals surface area (Å²) in [6, 6.07) is 0. The lowest BCUT2D eigenvalue weighted by Crippen LogP contribution is -2.38. The molecule has 5 unspecified atom stereocenters. The Morgan fingerprint density at radius 3 is 2.53 bits per heavy atom. The monoisotopic (exact) mass is 226 g/mol. The third-order valence-corrected chi connectivity index (χ3v) is 6.48. The van der Waals surface area contributed by atoms with Gasteiger partial charge in [0.05, 0.1) is 0 Å². The third kappa shape index (κ3) is 2.23. The third-order valence-electron chi connectivity index (χ3n) is 4.67. The van der Waals surface area contributed by atoms with Gasteiger partial charge in [0.2, 0.25) is 0 Å². The van der Waals surface area contributed by atoms with E-state index in [-0.39, 0.29) is 0 Å². The molecule has 0 spiro atoms. The van der Waals surface area contributed by atoms with Gasteiger partial charge in [0.25, 0.3) is 0 Å². The van der Waals surface area contributed by atoms with Crippen LogP contribution in [-0.4, -0.2) is 10.5 Å². The summed E-state index contributed by atoms with van der Waals surface area (Å²) in [6.45, 7) is 7.24. The molecule has 2 aliphatic rings. The van der Waals surface area contributed by atoms with Crippen molar-refractivity contribution >= 4 is 11.8 Å². The molecule has 88 valence electrons. The van der Waals surface area contributed by atoms with E-state index in [1.54, 1.807) is 0 Å². The molecular weight excluding hydrogens is 200 g/mol. The van der Waals surface area contributed by atoms with Crippen LogP contribution in [0, 0.1) is 17.8 Å². The van der Waals surface area contributed by atoms with Crippen molar-refractivity contribution in [2.45, 2.75) is 69.8 Å². The van der Waals surface area contributed by atoms with E-state index in [1.807, 2.05) is 0 Å². The molecular formula is C14H26S. The Bertz CT molecular complexity index is 202. The first-order chi connectivity index (χ1) is 7.27. The fourth-order valence-corrected chi connectivity index (χ4v) is 5.84. The van der Waals surface area contributed by atoms with Crippen molar-refractivity contribution < 1.29 is 0 Å². The highest BCUT2D eigenvalue weighted by atomic mass is 32.2. The lowest BCUT2D eigenvalue weighted by atomic mass is 9.77. The molecule has 1 heteroatoms. The second-order valence-electron chi connectivity index (χ2n) is 5.50. The topological polar surface area (TPSA) is 0 Å². The van der Waals surface area contributed by atoms with Crippen LogP contribution in [-0.2, 0) is 0 Å². The summed E-state index contributed by atoms with van der Waals surface area (Å²) in [6.07, 6.45) is 8.84. The van der Waals surface area contributed by atoms with Crippen molar-refractivity contribution in [3.05, 3.63) is 0 Å². The molecule has 1 aliphatic carbocycles. The quantitative estimate of drug-likeness (QED) is 0.670. The Labute approximate surface area is 99.6 Å². The minimum absolute atomic E-state index is 0.940. The van der Waals surface area contributed by atoms with Gasteiger partial charge in [-0.25, -0.2) is 0 Å². The van der Waals surface area contributed by atoms with Gasteiger partial charge < -0.3 is 0 Å². The number of thioether (sulfide) groups is 1. The van der Waals surface area contributed by atoms with Gasteiger partial charge in [-0.3, -0.25) is 0 Å². The minimum Gasteiger partial charge on any atom is -0.155 e. The summed E-state index contributed by atoms with van der Waals surface area (Å²) in [7, 11) is 0. The molecule has 0 aromatic carbocycles. The zero-order chi connectivity index (χ0) is 10.8. The highest BCUT2D eigenvalue weighted by molar-refractivity contribution is 8.00. The Balaban J connectivity index is 2.09. The number of hydrogen-bond acceptors (Lipinski definition) is 1. The van der Waals surface area contributed by atoms with Crippen LogP contribution in [0.3, 0.4) is 0 Å². The molecule has 0 nitrogen and oxygen atoms in total. The van der Waals surface area contributed by atoms with E-state index in [0.717, 1.165) is 28.3 Å². The molecule has 0 aromatic heterocycles. The average molecular weight is 226 g/mol. The van der Waals surface area contributed by atoms with Gasteiger partial charge in [-0.1, -0.05) is 33.6 Å². The van der Waals surface area contributed by atoms with Crippen LogP contribution in [0.1, 0.15) is 59.3 Å². The second-order valence-corrected chi connectivity index (χ2v) is 7.12. The molecule has 2 fully saturated rings. The maximum Gasteiger partial charge on any atom is 0.00782 e. The number of rotatable bonds is 3. The summed E-state index contributed by atoms with van der Waals surface area (Å²) >= 11 is 2.31. The second kappa shape index (κ2) is 5.12. The van der Waals surface area contributed by atoms with E-state index in [1.165, 1.54) is 38.5 Å². The summed E-state index contributed by atoms with van der Waals surface area (Å²) in [4.78, 5) is 0. The molecule has 0 amide bonds. The summed E-state index contributed by atoms with van der Waals surface area (Å²) in [5.74, 6) is 3.20. The maximum absolute atomic E-state index is 2.48. The lowest BCUT2D eigenvalue weighted by Gasteiger charge is -2.43. The van der Waals surface area contributed by atoms with Crippen LogP contribution in [0.25, 0.3) is 0 Å². The SMILES string of the molecule is CCCC1C(CC)SC(C)C2CCCC21. The van der Waals surface area contributed by atoms with Gasteiger partial charge in [0.15, 0.2) is 0 Å². The van der Waals surface area contributed by atoms with E-state index in [2.05, 4.69) is 32.5 Å².